The van der Waals surface area contributed by atoms with E-state index in [4.69, 9.17) is 37.4 Å². The number of nitrogens with one attached hydrogen (secondary N) is 1. The number of rotatable bonds is 5. The lowest BCUT2D eigenvalue weighted by Crippen LogP contribution is -2.12. The number of halogens is 2. The van der Waals surface area contributed by atoms with Crippen LogP contribution in [0.4, 0.5) is 5.69 Å². The van der Waals surface area contributed by atoms with Crippen molar-refractivity contribution in [3.8, 4) is 34.6 Å². The lowest BCUT2D eigenvalue weighted by molar-refractivity contribution is 0.102. The average molecular weight is 483 g/mol. The topological polar surface area (TPSA) is 87.5 Å². The van der Waals surface area contributed by atoms with Crippen molar-refractivity contribution in [1.82, 2.24) is 14.8 Å². The second kappa shape index (κ2) is 8.65. The van der Waals surface area contributed by atoms with Crippen molar-refractivity contribution >= 4 is 34.8 Å². The zero-order valence-electron chi connectivity index (χ0n) is 17.2. The van der Waals surface area contributed by atoms with Crippen LogP contribution >= 0.6 is 23.2 Å². The molecule has 1 aliphatic heterocycles. The molecule has 1 amide bonds. The van der Waals surface area contributed by atoms with E-state index in [1.165, 1.54) is 13.2 Å². The molecule has 10 heteroatoms. The molecule has 33 heavy (non-hydrogen) atoms. The summed E-state index contributed by atoms with van der Waals surface area (Å²) in [4.78, 5) is 17.0. The largest absolute Gasteiger partial charge is 0.466 e. The van der Waals surface area contributed by atoms with Crippen LogP contribution in [-0.2, 0) is 0 Å². The monoisotopic (exact) mass is 482 g/mol. The Bertz CT molecular complexity index is 1360. The molecule has 4 aromatic rings. The highest BCUT2D eigenvalue weighted by Gasteiger charge is 2.19. The Balaban J connectivity index is 1.41. The Kier molecular flexibility index (Phi) is 5.53. The highest BCUT2D eigenvalue weighted by Crippen LogP contribution is 2.36. The van der Waals surface area contributed by atoms with E-state index in [-0.39, 0.29) is 18.7 Å². The highest BCUT2D eigenvalue weighted by atomic mass is 35.5. The molecule has 0 saturated heterocycles. The minimum atomic E-state index is -0.301. The van der Waals surface area contributed by atoms with Crippen molar-refractivity contribution < 1.29 is 19.0 Å². The summed E-state index contributed by atoms with van der Waals surface area (Å²) >= 11 is 11.9. The van der Waals surface area contributed by atoms with Gasteiger partial charge in [-0.05, 0) is 60.7 Å². The third-order valence-electron chi connectivity index (χ3n) is 4.95. The molecule has 1 N–H and O–H groups in total. The number of fused-ring (bicyclic) bond motifs is 1. The van der Waals surface area contributed by atoms with Crippen LogP contribution in [0.5, 0.6) is 17.5 Å². The third-order valence-corrected chi connectivity index (χ3v) is 5.69. The zero-order valence-corrected chi connectivity index (χ0v) is 18.7. The third kappa shape index (κ3) is 4.18. The lowest BCUT2D eigenvalue weighted by Gasteiger charge is -2.09. The van der Waals surface area contributed by atoms with Crippen LogP contribution in [0.15, 0.2) is 60.7 Å². The highest BCUT2D eigenvalue weighted by molar-refractivity contribution is 6.42. The van der Waals surface area contributed by atoms with Gasteiger partial charge in [-0.3, -0.25) is 4.79 Å². The standard InChI is InChI=1S/C23H16Cl2N4O4/c1-31-23-27-21(13-3-9-19-20(11-13)33-12-32-19)29(28-23)16-6-4-15(5-7-16)26-22(30)14-2-8-17(24)18(25)10-14/h2-11H,12H2,1H3,(H,26,30). The van der Waals surface area contributed by atoms with Gasteiger partial charge >= 0.3 is 6.01 Å². The van der Waals surface area contributed by atoms with E-state index in [2.05, 4.69) is 15.4 Å². The molecular weight excluding hydrogens is 467 g/mol. The summed E-state index contributed by atoms with van der Waals surface area (Å²) in [7, 11) is 1.50. The van der Waals surface area contributed by atoms with Crippen molar-refractivity contribution in [2.45, 2.75) is 0 Å². The van der Waals surface area contributed by atoms with Crippen LogP contribution in [0, 0.1) is 0 Å². The Morgan fingerprint density at radius 1 is 1.00 bits per heavy atom. The summed E-state index contributed by atoms with van der Waals surface area (Å²) in [6, 6.07) is 17.6. The smallest absolute Gasteiger partial charge is 0.336 e. The van der Waals surface area contributed by atoms with Crippen LogP contribution in [0.25, 0.3) is 17.1 Å². The number of amides is 1. The first-order chi connectivity index (χ1) is 16.0. The number of aromatic nitrogens is 3. The Hall–Kier alpha value is -3.75. The van der Waals surface area contributed by atoms with Gasteiger partial charge in [0.1, 0.15) is 0 Å². The second-order valence-corrected chi connectivity index (χ2v) is 7.85. The van der Waals surface area contributed by atoms with E-state index in [0.717, 1.165) is 11.3 Å². The maximum absolute atomic E-state index is 12.5. The van der Waals surface area contributed by atoms with E-state index >= 15 is 0 Å². The van der Waals surface area contributed by atoms with Crippen molar-refractivity contribution in [3.63, 3.8) is 0 Å². The first kappa shape index (κ1) is 21.1. The molecule has 2 heterocycles. The molecule has 8 nitrogen and oxygen atoms in total. The van der Waals surface area contributed by atoms with E-state index in [1.54, 1.807) is 28.9 Å². The maximum Gasteiger partial charge on any atom is 0.336 e. The summed E-state index contributed by atoms with van der Waals surface area (Å²) in [6.45, 7) is 0.185. The lowest BCUT2D eigenvalue weighted by atomic mass is 10.2. The number of carbonyl (C=O) groups excluding carboxylic acids is 1. The number of methoxy groups -OCH3 is 1. The first-order valence-corrected chi connectivity index (χ1v) is 10.6. The SMILES string of the molecule is COc1nc(-c2ccc3c(c2)OCO3)n(-c2ccc(NC(=O)c3ccc(Cl)c(Cl)c3)cc2)n1. The van der Waals surface area contributed by atoms with Gasteiger partial charge in [-0.2, -0.15) is 4.98 Å². The quantitative estimate of drug-likeness (QED) is 0.418. The van der Waals surface area contributed by atoms with Gasteiger partial charge in [-0.15, -0.1) is 5.10 Å². The van der Waals surface area contributed by atoms with Crippen molar-refractivity contribution in [2.75, 3.05) is 19.2 Å². The molecule has 0 radical (unpaired) electrons. The normalized spacial score (nSPS) is 12.0. The number of anilines is 1. The molecule has 1 aliphatic rings. The molecule has 0 bridgehead atoms. The molecule has 5 rings (SSSR count). The fourth-order valence-corrected chi connectivity index (χ4v) is 3.61. The molecule has 0 aliphatic carbocycles. The van der Waals surface area contributed by atoms with Gasteiger partial charge in [0, 0.05) is 16.8 Å². The Morgan fingerprint density at radius 3 is 2.55 bits per heavy atom. The first-order valence-electron chi connectivity index (χ1n) is 9.80. The molecule has 3 aromatic carbocycles. The van der Waals surface area contributed by atoms with Gasteiger partial charge in [-0.1, -0.05) is 23.2 Å². The van der Waals surface area contributed by atoms with Gasteiger partial charge in [0.15, 0.2) is 17.3 Å². The van der Waals surface area contributed by atoms with Crippen LogP contribution in [0.2, 0.25) is 10.0 Å². The number of hydrogen-bond acceptors (Lipinski definition) is 6. The fraction of sp³-hybridized carbons (Fsp3) is 0.0870. The van der Waals surface area contributed by atoms with E-state index in [1.807, 2.05) is 30.3 Å². The molecule has 0 fully saturated rings. The summed E-state index contributed by atoms with van der Waals surface area (Å²) in [5, 5.41) is 7.96. The fourth-order valence-electron chi connectivity index (χ4n) is 3.31. The zero-order chi connectivity index (χ0) is 22.9. The number of hydrogen-bond donors (Lipinski definition) is 1. The molecule has 166 valence electrons. The van der Waals surface area contributed by atoms with E-state index in [9.17, 15) is 4.79 Å². The van der Waals surface area contributed by atoms with Crippen LogP contribution in [0.3, 0.4) is 0 Å². The van der Waals surface area contributed by atoms with Gasteiger partial charge in [0.25, 0.3) is 5.91 Å². The van der Waals surface area contributed by atoms with Gasteiger partial charge in [-0.25, -0.2) is 4.68 Å². The van der Waals surface area contributed by atoms with E-state index in [0.29, 0.717) is 38.6 Å². The second-order valence-electron chi connectivity index (χ2n) is 7.03. The van der Waals surface area contributed by atoms with Crippen LogP contribution in [-0.4, -0.2) is 34.6 Å². The van der Waals surface area contributed by atoms with Crippen molar-refractivity contribution in [2.24, 2.45) is 0 Å². The molecule has 0 saturated carbocycles. The predicted octanol–water partition coefficient (Wildman–Crippen LogP) is 5.23. The molecular formula is C23H16Cl2N4O4. The van der Waals surface area contributed by atoms with Crippen molar-refractivity contribution in [1.29, 1.82) is 0 Å². The van der Waals surface area contributed by atoms with Gasteiger partial charge in [0.05, 0.1) is 22.8 Å². The molecule has 1 aromatic heterocycles. The maximum atomic E-state index is 12.5. The molecule has 0 spiro atoms. The minimum absolute atomic E-state index is 0.185. The van der Waals surface area contributed by atoms with Gasteiger partial charge < -0.3 is 19.5 Å². The number of ether oxygens (including phenoxy) is 3. The Labute approximate surface area is 198 Å². The number of carbonyl (C=O) groups is 1. The average Bonchev–Trinajstić information content (AvgIpc) is 3.47. The minimum Gasteiger partial charge on any atom is -0.466 e. The number of benzene rings is 3. The van der Waals surface area contributed by atoms with E-state index < -0.39 is 0 Å². The predicted molar refractivity (Wildman–Crippen MR) is 124 cm³/mol. The van der Waals surface area contributed by atoms with Crippen LogP contribution in [0.1, 0.15) is 10.4 Å². The summed E-state index contributed by atoms with van der Waals surface area (Å²) in [5.41, 5.74) is 2.52. The van der Waals surface area contributed by atoms with Crippen molar-refractivity contribution in [3.05, 3.63) is 76.3 Å². The summed E-state index contributed by atoms with van der Waals surface area (Å²) in [5.74, 6) is 1.59. The summed E-state index contributed by atoms with van der Waals surface area (Å²) in [6.07, 6.45) is 0. The van der Waals surface area contributed by atoms with Gasteiger partial charge in [0.2, 0.25) is 6.79 Å². The number of nitrogens with zero attached hydrogens (tertiary/aromatic N) is 3. The van der Waals surface area contributed by atoms with Crippen LogP contribution < -0.4 is 19.5 Å². The Morgan fingerprint density at radius 2 is 1.79 bits per heavy atom. The summed E-state index contributed by atoms with van der Waals surface area (Å²) < 4.78 is 17.7. The molecule has 0 unspecified atom stereocenters. The molecule has 0 atom stereocenters.